The van der Waals surface area contributed by atoms with Crippen molar-refractivity contribution in [2.45, 2.75) is 119 Å². The lowest BCUT2D eigenvalue weighted by atomic mass is 9.83. The molecule has 14 nitrogen and oxygen atoms in total. The highest BCUT2D eigenvalue weighted by atomic mass is 16.6. The van der Waals surface area contributed by atoms with E-state index in [1.165, 1.54) is 0 Å². The predicted molar refractivity (Wildman–Crippen MR) is 335 cm³/mol. The topological polar surface area (TPSA) is 129 Å². The Bertz CT molecular complexity index is 2930. The number of para-hydroxylation sites is 4. The van der Waals surface area contributed by atoms with Gasteiger partial charge in [0.05, 0.1) is 52.9 Å². The summed E-state index contributed by atoms with van der Waals surface area (Å²) >= 11 is 0. The molecule has 14 heteroatoms. The van der Waals surface area contributed by atoms with E-state index in [2.05, 4.69) is 142 Å². The molecule has 0 fully saturated rings. The summed E-state index contributed by atoms with van der Waals surface area (Å²) in [5.74, 6) is 6.89. The first-order valence-corrected chi connectivity index (χ1v) is 30.8. The van der Waals surface area contributed by atoms with E-state index in [1.807, 2.05) is 36.4 Å². The summed E-state index contributed by atoms with van der Waals surface area (Å²) < 4.78 is 91.1. The van der Waals surface area contributed by atoms with Crippen LogP contribution in [0.5, 0.6) is 57.5 Å². The van der Waals surface area contributed by atoms with Crippen LogP contribution in [0.4, 0.5) is 0 Å². The predicted octanol–water partition coefficient (Wildman–Crippen LogP) is 14.1. The normalized spacial score (nSPS) is 16.7. The van der Waals surface area contributed by atoms with Gasteiger partial charge in [-0.15, -0.1) is 0 Å². The summed E-state index contributed by atoms with van der Waals surface area (Å²) in [6.07, 6.45) is 3.84. The Morgan fingerprint density at radius 3 is 0.756 bits per heavy atom. The molecule has 0 spiro atoms. The van der Waals surface area contributed by atoms with E-state index in [0.717, 1.165) is 80.3 Å². The molecule has 6 aromatic rings. The lowest BCUT2D eigenvalue weighted by molar-refractivity contribution is 0.0596. The van der Waals surface area contributed by atoms with Crippen molar-refractivity contribution in [2.24, 2.45) is 10.8 Å². The third-order valence-corrected chi connectivity index (χ3v) is 14.6. The first-order valence-electron chi connectivity index (χ1n) is 30.8. The lowest BCUT2D eigenvalue weighted by Crippen LogP contribution is -2.33. The third-order valence-electron chi connectivity index (χ3n) is 14.6. The zero-order valence-electron chi connectivity index (χ0n) is 52.7. The SMILES string of the molecule is CC(C)(C)CC(C)(C)Oc1ccc2c(c1)OCCOCCOc1c3cccc1Cc1cccc4c1OCCOCCOc1cc(OC(C)(C)CC(C)(C)C)ccc1OCCOCCOc1c(cccc1C3)Cc1cccc(c1OCCOCCO2)C4. The lowest BCUT2D eigenvalue weighted by Gasteiger charge is -2.33. The molecule has 0 radical (unpaired) electrons. The van der Waals surface area contributed by atoms with Crippen molar-refractivity contribution < 1.29 is 66.3 Å². The minimum absolute atomic E-state index is 0.0804. The van der Waals surface area contributed by atoms with Crippen LogP contribution in [0, 0.1) is 10.8 Å². The summed E-state index contributed by atoms with van der Waals surface area (Å²) in [4.78, 5) is 0. The van der Waals surface area contributed by atoms with Crippen molar-refractivity contribution in [1.29, 1.82) is 0 Å². The zero-order valence-corrected chi connectivity index (χ0v) is 52.7. The van der Waals surface area contributed by atoms with Gasteiger partial charge in [-0.1, -0.05) is 114 Å². The second kappa shape index (κ2) is 29.7. The van der Waals surface area contributed by atoms with Crippen LogP contribution in [0.2, 0.25) is 0 Å². The highest BCUT2D eigenvalue weighted by molar-refractivity contribution is 5.56. The number of hydrogen-bond donors (Lipinski definition) is 0. The molecule has 5 aliphatic rings. The Morgan fingerprint density at radius 1 is 0.279 bits per heavy atom. The first-order chi connectivity index (χ1) is 41.3. The maximum Gasteiger partial charge on any atom is 0.164 e. The summed E-state index contributed by atoms with van der Waals surface area (Å²) in [5.41, 5.74) is 7.44. The highest BCUT2D eigenvalue weighted by Gasteiger charge is 2.30. The number of rotatable bonds is 6. The summed E-state index contributed by atoms with van der Waals surface area (Å²) in [5, 5.41) is 0. The van der Waals surface area contributed by atoms with Gasteiger partial charge in [-0.2, -0.15) is 0 Å². The largest absolute Gasteiger partial charge is 0.491 e. The number of hydrogen-bond acceptors (Lipinski definition) is 14. The molecule has 0 saturated heterocycles. The molecule has 11 rings (SSSR count). The van der Waals surface area contributed by atoms with Crippen LogP contribution in [0.15, 0.2) is 109 Å². The Hall–Kier alpha value is -6.84. The van der Waals surface area contributed by atoms with E-state index in [4.69, 9.17) is 66.3 Å². The molecule has 6 aromatic carbocycles. The van der Waals surface area contributed by atoms with Crippen LogP contribution in [0.1, 0.15) is 127 Å². The molecule has 86 heavy (non-hydrogen) atoms. The molecule has 0 atom stereocenters. The van der Waals surface area contributed by atoms with Gasteiger partial charge in [0, 0.05) is 37.8 Å². The number of benzene rings is 6. The molecule has 464 valence electrons. The second-order valence-corrected chi connectivity index (χ2v) is 26.0. The fourth-order valence-electron chi connectivity index (χ4n) is 12.1. The molecule has 4 heterocycles. The van der Waals surface area contributed by atoms with Gasteiger partial charge in [0.2, 0.25) is 0 Å². The maximum absolute atomic E-state index is 6.91. The van der Waals surface area contributed by atoms with E-state index in [9.17, 15) is 0 Å². The Balaban J connectivity index is 1.03. The fraction of sp³-hybridized carbons (Fsp3) is 0.500. The summed E-state index contributed by atoms with van der Waals surface area (Å²) in [6.45, 7) is 26.7. The molecule has 0 N–H and O–H groups in total. The van der Waals surface area contributed by atoms with Gasteiger partial charge in [-0.25, -0.2) is 0 Å². The molecule has 1 aliphatic carbocycles. The Kier molecular flexibility index (Phi) is 22.0. The molecule has 0 amide bonds. The van der Waals surface area contributed by atoms with Crippen LogP contribution in [-0.2, 0) is 44.6 Å². The van der Waals surface area contributed by atoms with Gasteiger partial charge in [0.1, 0.15) is 98.6 Å². The minimum Gasteiger partial charge on any atom is -0.491 e. The average molecular weight is 1180 g/mol. The zero-order chi connectivity index (χ0) is 60.6. The van der Waals surface area contributed by atoms with Crippen molar-refractivity contribution >= 4 is 0 Å². The van der Waals surface area contributed by atoms with E-state index >= 15 is 0 Å². The van der Waals surface area contributed by atoms with Crippen LogP contribution < -0.4 is 47.4 Å². The van der Waals surface area contributed by atoms with Gasteiger partial charge in [0.25, 0.3) is 0 Å². The molecule has 0 unspecified atom stereocenters. The third kappa shape index (κ3) is 19.1. The average Bonchev–Trinajstić information content (AvgIpc) is 2.53. The van der Waals surface area contributed by atoms with Crippen molar-refractivity contribution in [3.63, 3.8) is 0 Å². The molecule has 0 aromatic heterocycles. The van der Waals surface area contributed by atoms with E-state index < -0.39 is 11.2 Å². The number of fused-ring (bicyclic) bond motifs is 24. The molecule has 12 bridgehead atoms. The standard InChI is InChI=1S/C72H92O14/c1-69(2,3)49-71(7,8)85-59-23-25-61-63(47-59)79-37-29-75-33-41-83-67-55-19-13-21-57(67)46-58-22-14-20-56-45-53-17-11-15-51(65(53)81-39-31-73-27-35-77-61)43-52-16-12-18-54(44-55)66(52)82-40-32-74-28-36-78-62-26-24-60(86-72(9,10)50-70(4,5)6)48-64(62)80-38-30-76-34-42-84-68(56)58/h11-26,47-48H,27-46,49-50H2,1-10H3. The van der Waals surface area contributed by atoms with Gasteiger partial charge in [-0.3, -0.25) is 0 Å². The van der Waals surface area contributed by atoms with Gasteiger partial charge in [-0.05, 0) is 120 Å². The quantitative estimate of drug-likeness (QED) is 0.146. The van der Waals surface area contributed by atoms with E-state index in [1.54, 1.807) is 0 Å². The number of ether oxygens (including phenoxy) is 14. The van der Waals surface area contributed by atoms with Gasteiger partial charge in [0.15, 0.2) is 23.0 Å². The van der Waals surface area contributed by atoms with Crippen LogP contribution in [0.25, 0.3) is 0 Å². The van der Waals surface area contributed by atoms with Crippen LogP contribution in [-0.4, -0.2) is 117 Å². The molecular weight excluding hydrogens is 1090 g/mol. The molecular formula is C72H92O14. The van der Waals surface area contributed by atoms with Crippen molar-refractivity contribution in [2.75, 3.05) is 106 Å². The van der Waals surface area contributed by atoms with Crippen molar-refractivity contribution in [3.05, 3.63) is 154 Å². The Morgan fingerprint density at radius 2 is 0.512 bits per heavy atom. The van der Waals surface area contributed by atoms with Gasteiger partial charge < -0.3 is 66.3 Å². The van der Waals surface area contributed by atoms with Crippen molar-refractivity contribution in [1.82, 2.24) is 0 Å². The molecule has 0 saturated carbocycles. The molecule has 4 aliphatic heterocycles. The smallest absolute Gasteiger partial charge is 0.164 e. The van der Waals surface area contributed by atoms with Crippen LogP contribution >= 0.6 is 0 Å². The summed E-state index contributed by atoms with van der Waals surface area (Å²) in [6, 6.07) is 37.0. The highest BCUT2D eigenvalue weighted by Crippen LogP contribution is 2.41. The second-order valence-electron chi connectivity index (χ2n) is 26.0. The minimum atomic E-state index is -0.408. The van der Waals surface area contributed by atoms with E-state index in [-0.39, 0.29) is 24.0 Å². The van der Waals surface area contributed by atoms with Crippen LogP contribution in [0.3, 0.4) is 0 Å². The monoisotopic (exact) mass is 1180 g/mol. The van der Waals surface area contributed by atoms with Crippen molar-refractivity contribution in [3.8, 4) is 57.5 Å². The first kappa shape index (κ1) is 63.7. The maximum atomic E-state index is 6.91. The van der Waals surface area contributed by atoms with Gasteiger partial charge >= 0.3 is 0 Å². The fourth-order valence-corrected chi connectivity index (χ4v) is 12.1. The summed E-state index contributed by atoms with van der Waals surface area (Å²) in [7, 11) is 0. The van der Waals surface area contributed by atoms with E-state index in [0.29, 0.717) is 153 Å². The Labute approximate surface area is 510 Å².